The van der Waals surface area contributed by atoms with Crippen molar-refractivity contribution in [3.8, 4) is 0 Å². The zero-order chi connectivity index (χ0) is 15.1. The minimum absolute atomic E-state index is 0. The van der Waals surface area contributed by atoms with Gasteiger partial charge >= 0.3 is 0 Å². The standard InChI is InChI=1S/2C5H12.2C4H10.CH4/c2*1-3-5-4-2;2*1-3-4-2;/h2*3-5H2,1-2H3;2*3-4H2,1-2H3;1H4. The van der Waals surface area contributed by atoms with Gasteiger partial charge in [-0.15, -0.1) is 0 Å². The maximum atomic E-state index is 2.21. The molecule has 0 aromatic heterocycles. The summed E-state index contributed by atoms with van der Waals surface area (Å²) in [7, 11) is 0. The molecule has 0 N–H and O–H groups in total. The van der Waals surface area contributed by atoms with Crippen molar-refractivity contribution in [1.82, 2.24) is 0 Å². The van der Waals surface area contributed by atoms with E-state index in [1.165, 1.54) is 64.2 Å². The van der Waals surface area contributed by atoms with Crippen LogP contribution in [0, 0.1) is 0 Å². The highest BCUT2D eigenvalue weighted by molar-refractivity contribution is 4.24. The van der Waals surface area contributed by atoms with Crippen molar-refractivity contribution in [3.05, 3.63) is 0 Å². The van der Waals surface area contributed by atoms with E-state index in [0.29, 0.717) is 0 Å². The van der Waals surface area contributed by atoms with Gasteiger partial charge in [0.25, 0.3) is 0 Å². The van der Waals surface area contributed by atoms with Crippen molar-refractivity contribution in [2.75, 3.05) is 0 Å². The van der Waals surface area contributed by atoms with Crippen LogP contribution < -0.4 is 0 Å². The average Bonchev–Trinajstić information content (AvgIpc) is 2.42. The predicted molar refractivity (Wildman–Crippen MR) is 98.3 cm³/mol. The van der Waals surface area contributed by atoms with Crippen molar-refractivity contribution in [2.24, 2.45) is 0 Å². The summed E-state index contributed by atoms with van der Waals surface area (Å²) in [5.41, 5.74) is 0. The van der Waals surface area contributed by atoms with Gasteiger partial charge in [0.15, 0.2) is 0 Å². The fraction of sp³-hybridized carbons (Fsp3) is 1.00. The summed E-state index contributed by atoms with van der Waals surface area (Å²) in [4.78, 5) is 0. The molecule has 0 saturated carbocycles. The van der Waals surface area contributed by atoms with Crippen molar-refractivity contribution in [2.45, 2.75) is 127 Å². The van der Waals surface area contributed by atoms with Crippen molar-refractivity contribution < 1.29 is 0 Å². The van der Waals surface area contributed by atoms with E-state index in [-0.39, 0.29) is 7.43 Å². The summed E-state index contributed by atoms with van der Waals surface area (Å²) < 4.78 is 0. The first-order chi connectivity index (χ1) is 8.66. The zero-order valence-electron chi connectivity index (χ0n) is 15.1. The van der Waals surface area contributed by atoms with Gasteiger partial charge in [0, 0.05) is 0 Å². The first kappa shape index (κ1) is 31.4. The fourth-order valence-corrected chi connectivity index (χ4v) is 0.707. The van der Waals surface area contributed by atoms with Gasteiger partial charge in [-0.1, -0.05) is 127 Å². The van der Waals surface area contributed by atoms with Crippen LogP contribution in [0.3, 0.4) is 0 Å². The number of hydrogen-bond acceptors (Lipinski definition) is 0. The van der Waals surface area contributed by atoms with Gasteiger partial charge < -0.3 is 0 Å². The number of unbranched alkanes of at least 4 members (excludes halogenated alkanes) is 6. The van der Waals surface area contributed by atoms with Crippen LogP contribution in [0.2, 0.25) is 0 Å². The second-order valence-electron chi connectivity index (χ2n) is 4.71. The third kappa shape index (κ3) is 128. The molecule has 0 amide bonds. The van der Waals surface area contributed by atoms with Gasteiger partial charge in [-0.2, -0.15) is 0 Å². The van der Waals surface area contributed by atoms with Gasteiger partial charge in [0.05, 0.1) is 0 Å². The van der Waals surface area contributed by atoms with Crippen molar-refractivity contribution >= 4 is 0 Å². The van der Waals surface area contributed by atoms with Crippen LogP contribution in [-0.2, 0) is 0 Å². The molecule has 0 saturated heterocycles. The van der Waals surface area contributed by atoms with Crippen LogP contribution in [0.4, 0.5) is 0 Å². The van der Waals surface area contributed by atoms with E-state index >= 15 is 0 Å². The van der Waals surface area contributed by atoms with Crippen molar-refractivity contribution in [3.63, 3.8) is 0 Å². The third-order valence-corrected chi connectivity index (χ3v) is 2.41. The van der Waals surface area contributed by atoms with E-state index in [0.717, 1.165) is 0 Å². The summed E-state index contributed by atoms with van der Waals surface area (Å²) in [6.07, 6.45) is 13.4. The van der Waals surface area contributed by atoms with Crippen LogP contribution in [0.15, 0.2) is 0 Å². The maximum Gasteiger partial charge on any atom is -0.0538 e. The Morgan fingerprint density at radius 2 is 0.474 bits per heavy atom. The molecule has 0 aromatic carbocycles. The van der Waals surface area contributed by atoms with E-state index in [9.17, 15) is 0 Å². The van der Waals surface area contributed by atoms with Crippen LogP contribution in [0.1, 0.15) is 127 Å². The highest BCUT2D eigenvalue weighted by atomic mass is 13.8. The summed E-state index contributed by atoms with van der Waals surface area (Å²) in [5.74, 6) is 0. The molecule has 0 aromatic rings. The molecule has 124 valence electrons. The second kappa shape index (κ2) is 52.0. The van der Waals surface area contributed by atoms with E-state index < -0.39 is 0 Å². The Kier molecular flexibility index (Phi) is 86.0. The van der Waals surface area contributed by atoms with Crippen molar-refractivity contribution in [1.29, 1.82) is 0 Å². The monoisotopic (exact) mass is 276 g/mol. The van der Waals surface area contributed by atoms with Gasteiger partial charge in [-0.05, 0) is 0 Å². The lowest BCUT2D eigenvalue weighted by Gasteiger charge is -1.79. The number of hydrogen-bond donors (Lipinski definition) is 0. The average molecular weight is 277 g/mol. The summed E-state index contributed by atoms with van der Waals surface area (Å²) in [6, 6.07) is 0. The molecule has 0 unspecified atom stereocenters. The van der Waals surface area contributed by atoms with Gasteiger partial charge in [-0.3, -0.25) is 0 Å². The Balaban J connectivity index is -0.0000000453. The second-order valence-corrected chi connectivity index (χ2v) is 4.71. The highest BCUT2D eigenvalue weighted by Crippen LogP contribution is 1.88. The first-order valence-corrected chi connectivity index (χ1v) is 8.66. The topological polar surface area (TPSA) is 0 Å². The molecule has 0 heteroatoms. The molecular weight excluding hydrogens is 228 g/mol. The molecule has 0 nitrogen and oxygen atoms in total. The normalized spacial score (nSPS) is 7.58. The molecule has 0 aliphatic heterocycles. The van der Waals surface area contributed by atoms with E-state index in [1.54, 1.807) is 0 Å². The minimum Gasteiger partial charge on any atom is -0.0776 e. The molecule has 0 radical (unpaired) electrons. The van der Waals surface area contributed by atoms with E-state index in [2.05, 4.69) is 55.4 Å². The molecule has 0 aliphatic rings. The quantitative estimate of drug-likeness (QED) is 0.455. The van der Waals surface area contributed by atoms with Crippen LogP contribution >= 0.6 is 0 Å². The SMILES string of the molecule is C.CCCC.CCCC.CCCCC.CCCCC. The Morgan fingerprint density at radius 3 is 0.474 bits per heavy atom. The van der Waals surface area contributed by atoms with E-state index in [1.807, 2.05) is 0 Å². The van der Waals surface area contributed by atoms with E-state index in [4.69, 9.17) is 0 Å². The number of rotatable bonds is 6. The van der Waals surface area contributed by atoms with Gasteiger partial charge in [0.2, 0.25) is 0 Å². The lowest BCUT2D eigenvalue weighted by atomic mass is 10.3. The molecule has 0 rings (SSSR count). The smallest absolute Gasteiger partial charge is 0.0538 e. The molecule has 0 fully saturated rings. The Morgan fingerprint density at radius 1 is 0.316 bits per heavy atom. The molecule has 0 atom stereocenters. The van der Waals surface area contributed by atoms with Crippen LogP contribution in [0.25, 0.3) is 0 Å². The highest BCUT2D eigenvalue weighted by Gasteiger charge is 1.68. The Hall–Kier alpha value is 0. The van der Waals surface area contributed by atoms with Gasteiger partial charge in [0.1, 0.15) is 0 Å². The first-order valence-electron chi connectivity index (χ1n) is 8.66. The fourth-order valence-electron chi connectivity index (χ4n) is 0.707. The Labute approximate surface area is 127 Å². The summed E-state index contributed by atoms with van der Waals surface area (Å²) >= 11 is 0. The molecule has 19 heavy (non-hydrogen) atoms. The zero-order valence-corrected chi connectivity index (χ0v) is 15.1. The third-order valence-electron chi connectivity index (χ3n) is 2.41. The maximum absolute atomic E-state index is 2.21. The van der Waals surface area contributed by atoms with Crippen LogP contribution in [0.5, 0.6) is 0 Å². The summed E-state index contributed by atoms with van der Waals surface area (Å²) in [5, 5.41) is 0. The molecule has 0 aliphatic carbocycles. The minimum atomic E-state index is 0. The lowest BCUT2D eigenvalue weighted by molar-refractivity contribution is 0.772. The summed E-state index contributed by atoms with van der Waals surface area (Å²) in [6.45, 7) is 17.6. The molecule has 0 bridgehead atoms. The van der Waals surface area contributed by atoms with Crippen LogP contribution in [-0.4, -0.2) is 0 Å². The molecule has 0 heterocycles. The van der Waals surface area contributed by atoms with Gasteiger partial charge in [-0.25, -0.2) is 0 Å². The lowest BCUT2D eigenvalue weighted by Crippen LogP contribution is -1.59. The predicted octanol–water partition coefficient (Wildman–Crippen LogP) is 8.64. The molecule has 0 spiro atoms. The largest absolute Gasteiger partial charge is 0.0776 e. The molecular formula is C19H48. The Bertz CT molecular complexity index is 48.4.